The van der Waals surface area contributed by atoms with Crippen molar-refractivity contribution in [3.63, 3.8) is 0 Å². The lowest BCUT2D eigenvalue weighted by Crippen LogP contribution is -2.13. The van der Waals surface area contributed by atoms with Crippen LogP contribution in [0.15, 0.2) is 57.8 Å². The van der Waals surface area contributed by atoms with Crippen molar-refractivity contribution in [3.05, 3.63) is 68.9 Å². The summed E-state index contributed by atoms with van der Waals surface area (Å²) in [5.74, 6) is 0. The zero-order valence-electron chi connectivity index (χ0n) is 11.1. The summed E-state index contributed by atoms with van der Waals surface area (Å²) in [6, 6.07) is 16.0. The first-order valence-electron chi connectivity index (χ1n) is 6.60. The molecular weight excluding hydrogens is 314 g/mol. The number of benzene rings is 2. The number of H-pyrrole nitrogens is 1. The molecule has 0 bridgehead atoms. The molecule has 100 valence electrons. The van der Waals surface area contributed by atoms with Crippen LogP contribution in [-0.4, -0.2) is 4.98 Å². The SMILES string of the molecule is CCc1c(-c2ccccc2)c2cc(Br)ccc2[nH]c1=O. The fraction of sp³-hybridized carbons (Fsp3) is 0.118. The maximum Gasteiger partial charge on any atom is 0.252 e. The first-order valence-corrected chi connectivity index (χ1v) is 7.40. The Kier molecular flexibility index (Phi) is 3.45. The van der Waals surface area contributed by atoms with Crippen molar-refractivity contribution in [1.82, 2.24) is 4.98 Å². The van der Waals surface area contributed by atoms with E-state index in [4.69, 9.17) is 0 Å². The molecule has 0 unspecified atom stereocenters. The predicted molar refractivity (Wildman–Crippen MR) is 87.1 cm³/mol. The van der Waals surface area contributed by atoms with Gasteiger partial charge in [-0.15, -0.1) is 0 Å². The fourth-order valence-corrected chi connectivity index (χ4v) is 2.94. The predicted octanol–water partition coefficient (Wildman–Crippen LogP) is 4.52. The van der Waals surface area contributed by atoms with Gasteiger partial charge in [0.2, 0.25) is 0 Å². The van der Waals surface area contributed by atoms with Crippen LogP contribution in [0.4, 0.5) is 0 Å². The Balaban J connectivity index is 2.48. The Bertz CT molecular complexity index is 822. The van der Waals surface area contributed by atoms with Gasteiger partial charge in [0.15, 0.2) is 0 Å². The molecule has 3 heteroatoms. The Morgan fingerprint density at radius 3 is 2.55 bits per heavy atom. The number of nitrogens with one attached hydrogen (secondary N) is 1. The van der Waals surface area contributed by atoms with Crippen molar-refractivity contribution in [3.8, 4) is 11.1 Å². The molecule has 0 amide bonds. The number of hydrogen-bond acceptors (Lipinski definition) is 1. The van der Waals surface area contributed by atoms with Gasteiger partial charge in [-0.05, 0) is 35.7 Å². The molecule has 2 nitrogen and oxygen atoms in total. The molecule has 2 aromatic carbocycles. The second-order valence-electron chi connectivity index (χ2n) is 4.72. The molecule has 0 aliphatic carbocycles. The molecule has 1 heterocycles. The van der Waals surface area contributed by atoms with Crippen molar-refractivity contribution >= 4 is 26.8 Å². The maximum atomic E-state index is 12.3. The van der Waals surface area contributed by atoms with E-state index in [9.17, 15) is 4.79 Å². The van der Waals surface area contributed by atoms with E-state index >= 15 is 0 Å². The second kappa shape index (κ2) is 5.25. The van der Waals surface area contributed by atoms with Crippen molar-refractivity contribution in [2.24, 2.45) is 0 Å². The zero-order valence-corrected chi connectivity index (χ0v) is 12.7. The summed E-state index contributed by atoms with van der Waals surface area (Å²) in [6.07, 6.45) is 0.710. The topological polar surface area (TPSA) is 32.9 Å². The molecule has 0 spiro atoms. The normalized spacial score (nSPS) is 10.9. The minimum atomic E-state index is 0.00109. The van der Waals surface area contributed by atoms with Gasteiger partial charge in [-0.3, -0.25) is 4.79 Å². The van der Waals surface area contributed by atoms with Gasteiger partial charge in [-0.25, -0.2) is 0 Å². The average Bonchev–Trinajstić information content (AvgIpc) is 2.47. The molecule has 0 radical (unpaired) electrons. The van der Waals surface area contributed by atoms with Crippen molar-refractivity contribution in [2.45, 2.75) is 13.3 Å². The van der Waals surface area contributed by atoms with E-state index in [0.717, 1.165) is 32.1 Å². The molecule has 1 N–H and O–H groups in total. The number of rotatable bonds is 2. The van der Waals surface area contributed by atoms with Gasteiger partial charge in [0.25, 0.3) is 5.56 Å². The Morgan fingerprint density at radius 1 is 1.10 bits per heavy atom. The maximum absolute atomic E-state index is 12.3. The van der Waals surface area contributed by atoms with Gasteiger partial charge in [0, 0.05) is 20.9 Å². The lowest BCUT2D eigenvalue weighted by molar-refractivity contribution is 1.08. The van der Waals surface area contributed by atoms with Crippen molar-refractivity contribution in [2.75, 3.05) is 0 Å². The number of fused-ring (bicyclic) bond motifs is 1. The Morgan fingerprint density at radius 2 is 1.85 bits per heavy atom. The van der Waals surface area contributed by atoms with Crippen LogP contribution in [0.3, 0.4) is 0 Å². The van der Waals surface area contributed by atoms with Crippen molar-refractivity contribution < 1.29 is 0 Å². The summed E-state index contributed by atoms with van der Waals surface area (Å²) in [7, 11) is 0. The molecule has 0 aliphatic heterocycles. The molecule has 1 aromatic heterocycles. The highest BCUT2D eigenvalue weighted by molar-refractivity contribution is 9.10. The van der Waals surface area contributed by atoms with E-state index in [-0.39, 0.29) is 5.56 Å². The standard InChI is InChI=1S/C17H14BrNO/c1-2-13-16(11-6-4-3-5-7-11)14-10-12(18)8-9-15(14)19-17(13)20/h3-10H,2H2,1H3,(H,19,20). The van der Waals surface area contributed by atoms with Crippen LogP contribution in [0.25, 0.3) is 22.0 Å². The molecule has 0 fully saturated rings. The third-order valence-electron chi connectivity index (χ3n) is 3.49. The van der Waals surface area contributed by atoms with Crippen LogP contribution in [0.5, 0.6) is 0 Å². The van der Waals surface area contributed by atoms with Gasteiger partial charge >= 0.3 is 0 Å². The van der Waals surface area contributed by atoms with E-state index in [0.29, 0.717) is 6.42 Å². The molecule has 3 aromatic rings. The van der Waals surface area contributed by atoms with Crippen LogP contribution in [-0.2, 0) is 6.42 Å². The summed E-state index contributed by atoms with van der Waals surface area (Å²) in [5, 5.41) is 1.07. The molecule has 0 atom stereocenters. The Hall–Kier alpha value is -1.87. The largest absolute Gasteiger partial charge is 0.322 e. The summed E-state index contributed by atoms with van der Waals surface area (Å²) in [5.41, 5.74) is 3.82. The highest BCUT2D eigenvalue weighted by Crippen LogP contribution is 2.31. The smallest absolute Gasteiger partial charge is 0.252 e. The zero-order chi connectivity index (χ0) is 14.1. The number of hydrogen-bond donors (Lipinski definition) is 1. The summed E-state index contributed by atoms with van der Waals surface area (Å²) < 4.78 is 1.01. The quantitative estimate of drug-likeness (QED) is 0.737. The molecule has 0 saturated carbocycles. The summed E-state index contributed by atoms with van der Waals surface area (Å²) in [6.45, 7) is 2.01. The van der Waals surface area contributed by atoms with Crippen LogP contribution < -0.4 is 5.56 Å². The van der Waals surface area contributed by atoms with Crippen LogP contribution in [0.1, 0.15) is 12.5 Å². The first kappa shape index (κ1) is 13.1. The molecule has 0 saturated heterocycles. The highest BCUT2D eigenvalue weighted by Gasteiger charge is 2.13. The minimum absolute atomic E-state index is 0.00109. The second-order valence-corrected chi connectivity index (χ2v) is 5.63. The van der Waals surface area contributed by atoms with E-state index in [2.05, 4.69) is 27.0 Å². The van der Waals surface area contributed by atoms with E-state index in [1.807, 2.05) is 49.4 Å². The molecule has 20 heavy (non-hydrogen) atoms. The van der Waals surface area contributed by atoms with Gasteiger partial charge in [0.05, 0.1) is 0 Å². The number of halogens is 1. The number of pyridine rings is 1. The van der Waals surface area contributed by atoms with Crippen LogP contribution >= 0.6 is 15.9 Å². The number of aromatic nitrogens is 1. The van der Waals surface area contributed by atoms with Gasteiger partial charge in [-0.2, -0.15) is 0 Å². The third kappa shape index (κ3) is 2.18. The monoisotopic (exact) mass is 327 g/mol. The fourth-order valence-electron chi connectivity index (χ4n) is 2.58. The number of aromatic amines is 1. The summed E-state index contributed by atoms with van der Waals surface area (Å²) >= 11 is 3.51. The van der Waals surface area contributed by atoms with Crippen LogP contribution in [0, 0.1) is 0 Å². The molecule has 3 rings (SSSR count). The van der Waals surface area contributed by atoms with Crippen molar-refractivity contribution in [1.29, 1.82) is 0 Å². The third-order valence-corrected chi connectivity index (χ3v) is 3.98. The highest BCUT2D eigenvalue weighted by atomic mass is 79.9. The summed E-state index contributed by atoms with van der Waals surface area (Å²) in [4.78, 5) is 15.2. The average molecular weight is 328 g/mol. The van der Waals surface area contributed by atoms with Gasteiger partial charge in [0.1, 0.15) is 0 Å². The van der Waals surface area contributed by atoms with E-state index < -0.39 is 0 Å². The van der Waals surface area contributed by atoms with Crippen LogP contribution in [0.2, 0.25) is 0 Å². The molecular formula is C17H14BrNO. The van der Waals surface area contributed by atoms with E-state index in [1.165, 1.54) is 0 Å². The minimum Gasteiger partial charge on any atom is -0.322 e. The van der Waals surface area contributed by atoms with Gasteiger partial charge < -0.3 is 4.98 Å². The Labute approximate surface area is 125 Å². The lowest BCUT2D eigenvalue weighted by atomic mass is 9.95. The lowest BCUT2D eigenvalue weighted by Gasteiger charge is -2.12. The first-order chi connectivity index (χ1) is 9.70. The van der Waals surface area contributed by atoms with Gasteiger partial charge in [-0.1, -0.05) is 53.2 Å². The van der Waals surface area contributed by atoms with E-state index in [1.54, 1.807) is 0 Å². The molecule has 0 aliphatic rings.